The van der Waals surface area contributed by atoms with E-state index in [4.69, 9.17) is 0 Å². The highest BCUT2D eigenvalue weighted by Gasteiger charge is 2.07. The molecule has 0 saturated carbocycles. The molecule has 0 aliphatic rings. The highest BCUT2D eigenvalue weighted by atomic mass is 32.1. The van der Waals surface area contributed by atoms with Crippen LogP contribution in [-0.2, 0) is 5.75 Å². The Bertz CT molecular complexity index is 564. The number of hydrogen-bond acceptors (Lipinski definition) is 3. The van der Waals surface area contributed by atoms with Crippen LogP contribution in [0.1, 0.15) is 22.4 Å². The lowest BCUT2D eigenvalue weighted by Gasteiger charge is -2.07. The number of nitrogens with zero attached hydrogens (tertiary/aromatic N) is 1. The van der Waals surface area contributed by atoms with E-state index in [0.29, 0.717) is 11.4 Å². The van der Waals surface area contributed by atoms with Gasteiger partial charge in [0.2, 0.25) is 0 Å². The first-order valence-corrected chi connectivity index (χ1v) is 6.37. The SMILES string of the molecule is Cc1ncc(/C=C/c2ccccc2)c(CS)c1O. The Kier molecular flexibility index (Phi) is 4.05. The van der Waals surface area contributed by atoms with E-state index in [1.807, 2.05) is 42.5 Å². The average Bonchev–Trinajstić information content (AvgIpc) is 2.41. The highest BCUT2D eigenvalue weighted by molar-refractivity contribution is 7.79. The fourth-order valence-electron chi connectivity index (χ4n) is 1.72. The van der Waals surface area contributed by atoms with E-state index in [-0.39, 0.29) is 5.75 Å². The Morgan fingerprint density at radius 3 is 2.61 bits per heavy atom. The normalized spacial score (nSPS) is 11.0. The largest absolute Gasteiger partial charge is 0.506 e. The molecule has 0 fully saturated rings. The number of benzene rings is 1. The van der Waals surface area contributed by atoms with Gasteiger partial charge >= 0.3 is 0 Å². The summed E-state index contributed by atoms with van der Waals surface area (Å²) >= 11 is 4.26. The first-order valence-electron chi connectivity index (χ1n) is 5.74. The van der Waals surface area contributed by atoms with Crippen LogP contribution in [0.3, 0.4) is 0 Å². The molecule has 1 aromatic carbocycles. The first-order chi connectivity index (χ1) is 8.72. The Hall–Kier alpha value is -1.74. The molecule has 0 aliphatic heterocycles. The number of aromatic nitrogens is 1. The van der Waals surface area contributed by atoms with Gasteiger partial charge in [0.15, 0.2) is 0 Å². The maximum atomic E-state index is 9.93. The number of hydrogen-bond donors (Lipinski definition) is 2. The Morgan fingerprint density at radius 1 is 1.22 bits per heavy atom. The number of aryl methyl sites for hydroxylation is 1. The molecule has 1 heterocycles. The summed E-state index contributed by atoms with van der Waals surface area (Å²) in [5.74, 6) is 0.726. The van der Waals surface area contributed by atoms with Gasteiger partial charge < -0.3 is 5.11 Å². The van der Waals surface area contributed by atoms with Gasteiger partial charge in [0, 0.05) is 23.1 Å². The summed E-state index contributed by atoms with van der Waals surface area (Å²) in [6.45, 7) is 1.78. The lowest BCUT2D eigenvalue weighted by atomic mass is 10.1. The second-order valence-corrected chi connectivity index (χ2v) is 4.34. The summed E-state index contributed by atoms with van der Waals surface area (Å²) in [6.07, 6.45) is 5.71. The van der Waals surface area contributed by atoms with Gasteiger partial charge in [0.25, 0.3) is 0 Å². The highest BCUT2D eigenvalue weighted by Crippen LogP contribution is 2.26. The number of thiol groups is 1. The number of pyridine rings is 1. The number of aromatic hydroxyl groups is 1. The van der Waals surface area contributed by atoms with Crippen LogP contribution >= 0.6 is 12.6 Å². The van der Waals surface area contributed by atoms with Gasteiger partial charge in [-0.2, -0.15) is 12.6 Å². The van der Waals surface area contributed by atoms with Gasteiger partial charge in [-0.25, -0.2) is 0 Å². The summed E-state index contributed by atoms with van der Waals surface area (Å²) in [5, 5.41) is 9.93. The van der Waals surface area contributed by atoms with Gasteiger partial charge in [-0.05, 0) is 12.5 Å². The standard InChI is InChI=1S/C15H15NOS/c1-11-15(17)14(10-18)13(9-16-11)8-7-12-5-3-2-4-6-12/h2-9,17-18H,10H2,1H3/b8-7+. The molecule has 1 aromatic heterocycles. The second-order valence-electron chi connectivity index (χ2n) is 4.03. The lowest BCUT2D eigenvalue weighted by molar-refractivity contribution is 0.462. The van der Waals surface area contributed by atoms with Gasteiger partial charge in [0.05, 0.1) is 5.69 Å². The maximum absolute atomic E-state index is 9.93. The predicted molar refractivity (Wildman–Crippen MR) is 78.7 cm³/mol. The molecular weight excluding hydrogens is 242 g/mol. The fraction of sp³-hybridized carbons (Fsp3) is 0.133. The molecule has 0 aliphatic carbocycles. The average molecular weight is 257 g/mol. The van der Waals surface area contributed by atoms with Crippen molar-refractivity contribution in [3.8, 4) is 5.75 Å². The second kappa shape index (κ2) is 5.74. The van der Waals surface area contributed by atoms with E-state index in [9.17, 15) is 5.11 Å². The molecule has 2 rings (SSSR count). The van der Waals surface area contributed by atoms with Gasteiger partial charge in [-0.3, -0.25) is 4.98 Å². The molecule has 1 N–H and O–H groups in total. The van der Waals surface area contributed by atoms with Crippen LogP contribution < -0.4 is 0 Å². The zero-order chi connectivity index (χ0) is 13.0. The van der Waals surface area contributed by atoms with Crippen molar-refractivity contribution in [1.82, 2.24) is 4.98 Å². The molecule has 0 amide bonds. The van der Waals surface area contributed by atoms with Crippen LogP contribution in [0.2, 0.25) is 0 Å². The molecule has 0 bridgehead atoms. The summed E-state index contributed by atoms with van der Waals surface area (Å²) in [4.78, 5) is 4.16. The van der Waals surface area contributed by atoms with Crippen molar-refractivity contribution >= 4 is 24.8 Å². The van der Waals surface area contributed by atoms with Gasteiger partial charge in [0.1, 0.15) is 5.75 Å². The van der Waals surface area contributed by atoms with E-state index in [2.05, 4.69) is 17.6 Å². The Labute approximate surface area is 112 Å². The molecule has 0 radical (unpaired) electrons. The van der Waals surface area contributed by atoms with Crippen molar-refractivity contribution in [2.45, 2.75) is 12.7 Å². The van der Waals surface area contributed by atoms with Gasteiger partial charge in [-0.15, -0.1) is 0 Å². The summed E-state index contributed by atoms with van der Waals surface area (Å²) in [5.41, 5.74) is 3.47. The van der Waals surface area contributed by atoms with Crippen LogP contribution in [0.15, 0.2) is 36.5 Å². The van der Waals surface area contributed by atoms with Crippen LogP contribution in [0, 0.1) is 6.92 Å². The van der Waals surface area contributed by atoms with Crippen LogP contribution in [0.5, 0.6) is 5.75 Å². The van der Waals surface area contributed by atoms with Crippen molar-refractivity contribution in [3.05, 3.63) is 58.9 Å². The molecule has 0 saturated heterocycles. The minimum Gasteiger partial charge on any atom is -0.506 e. The van der Waals surface area contributed by atoms with E-state index >= 15 is 0 Å². The van der Waals surface area contributed by atoms with Crippen molar-refractivity contribution in [1.29, 1.82) is 0 Å². The zero-order valence-corrected chi connectivity index (χ0v) is 11.1. The predicted octanol–water partition coefficient (Wildman–Crippen LogP) is 3.70. The third-order valence-corrected chi connectivity index (χ3v) is 3.10. The topological polar surface area (TPSA) is 33.1 Å². The maximum Gasteiger partial charge on any atom is 0.141 e. The third kappa shape index (κ3) is 2.74. The lowest BCUT2D eigenvalue weighted by Crippen LogP contribution is -1.92. The molecule has 92 valence electrons. The van der Waals surface area contributed by atoms with E-state index in [0.717, 1.165) is 16.7 Å². The Balaban J connectivity index is 2.35. The van der Waals surface area contributed by atoms with Crippen molar-refractivity contribution in [2.75, 3.05) is 0 Å². The van der Waals surface area contributed by atoms with Crippen molar-refractivity contribution in [3.63, 3.8) is 0 Å². The molecule has 18 heavy (non-hydrogen) atoms. The quantitative estimate of drug-likeness (QED) is 0.822. The molecule has 2 nitrogen and oxygen atoms in total. The van der Waals surface area contributed by atoms with E-state index < -0.39 is 0 Å². The summed E-state index contributed by atoms with van der Waals surface area (Å²) in [6, 6.07) is 10.0. The summed E-state index contributed by atoms with van der Waals surface area (Å²) in [7, 11) is 0. The molecule has 0 unspecified atom stereocenters. The number of rotatable bonds is 3. The molecule has 3 heteroatoms. The molecule has 2 aromatic rings. The molecule has 0 spiro atoms. The molecule has 0 atom stereocenters. The van der Waals surface area contributed by atoms with Crippen molar-refractivity contribution < 1.29 is 5.11 Å². The summed E-state index contributed by atoms with van der Waals surface area (Å²) < 4.78 is 0. The van der Waals surface area contributed by atoms with Crippen LogP contribution in [0.25, 0.3) is 12.2 Å². The smallest absolute Gasteiger partial charge is 0.141 e. The van der Waals surface area contributed by atoms with Crippen LogP contribution in [0.4, 0.5) is 0 Å². The minimum atomic E-state index is 0.236. The third-order valence-electron chi connectivity index (χ3n) is 2.79. The Morgan fingerprint density at radius 2 is 1.94 bits per heavy atom. The first kappa shape index (κ1) is 12.7. The monoisotopic (exact) mass is 257 g/mol. The van der Waals surface area contributed by atoms with Crippen molar-refractivity contribution in [2.24, 2.45) is 0 Å². The van der Waals surface area contributed by atoms with Crippen LogP contribution in [-0.4, -0.2) is 10.1 Å². The minimum absolute atomic E-state index is 0.236. The van der Waals surface area contributed by atoms with E-state index in [1.54, 1.807) is 13.1 Å². The molecular formula is C15H15NOS. The van der Waals surface area contributed by atoms with E-state index in [1.165, 1.54) is 0 Å². The zero-order valence-electron chi connectivity index (χ0n) is 10.2. The van der Waals surface area contributed by atoms with Gasteiger partial charge in [-0.1, -0.05) is 42.5 Å². The fourth-order valence-corrected chi connectivity index (χ4v) is 2.05.